The molecule has 2 aliphatic rings. The highest BCUT2D eigenvalue weighted by atomic mass is 32.2. The van der Waals surface area contributed by atoms with Gasteiger partial charge in [0.15, 0.2) is 5.78 Å². The molecule has 1 aromatic rings. The van der Waals surface area contributed by atoms with Gasteiger partial charge in [-0.05, 0) is 37.5 Å². The van der Waals surface area contributed by atoms with Gasteiger partial charge in [0, 0.05) is 24.2 Å². The van der Waals surface area contributed by atoms with E-state index in [1.807, 2.05) is 18.2 Å². The second-order valence-corrected chi connectivity index (χ2v) is 5.96. The number of benzene rings is 1. The van der Waals surface area contributed by atoms with Gasteiger partial charge >= 0.3 is 0 Å². The molecule has 0 unspecified atom stereocenters. The monoisotopic (exact) mass is 273 g/mol. The number of allylic oxidation sites excluding steroid dienone is 1. The van der Waals surface area contributed by atoms with Crippen LogP contribution >= 0.6 is 11.8 Å². The molecule has 1 aliphatic carbocycles. The highest BCUT2D eigenvalue weighted by Gasteiger charge is 2.27. The van der Waals surface area contributed by atoms with Gasteiger partial charge in [-0.25, -0.2) is 0 Å². The van der Waals surface area contributed by atoms with Crippen LogP contribution in [0, 0.1) is 0 Å². The van der Waals surface area contributed by atoms with Gasteiger partial charge in [-0.2, -0.15) is 0 Å². The normalized spacial score (nSPS) is 21.5. The fourth-order valence-electron chi connectivity index (χ4n) is 3.06. The summed E-state index contributed by atoms with van der Waals surface area (Å²) in [6.45, 7) is 2.21. The fraction of sp³-hybridized carbons (Fsp3) is 0.438. The first-order valence-corrected chi connectivity index (χ1v) is 8.18. The number of aryl methyl sites for hydroxylation is 1. The first-order chi connectivity index (χ1) is 9.31. The third kappa shape index (κ3) is 2.32. The van der Waals surface area contributed by atoms with Crippen molar-refractivity contribution in [3.8, 4) is 0 Å². The van der Waals surface area contributed by atoms with E-state index >= 15 is 0 Å². The lowest BCUT2D eigenvalue weighted by Gasteiger charge is -2.26. The Labute approximate surface area is 118 Å². The van der Waals surface area contributed by atoms with E-state index in [0.29, 0.717) is 0 Å². The topological polar surface area (TPSA) is 20.3 Å². The molecule has 0 bridgehead atoms. The Morgan fingerprint density at radius 2 is 1.89 bits per heavy atom. The van der Waals surface area contributed by atoms with Crippen LogP contribution in [0.4, 0.5) is 0 Å². The zero-order valence-electron chi connectivity index (χ0n) is 11.3. The van der Waals surface area contributed by atoms with Crippen molar-refractivity contribution in [2.75, 3.05) is 19.3 Å². The summed E-state index contributed by atoms with van der Waals surface area (Å²) in [7, 11) is 0. The summed E-state index contributed by atoms with van der Waals surface area (Å²) >= 11 is 1.74. The smallest absolute Gasteiger partial charge is 0.191 e. The standard InChI is InChI=1S/C16H19NOS/c1-19-16(17-10-4-5-11-17)14-9-8-12-6-2-3-7-13(12)15(14)18/h2-3,6-7H,4-5,8-11H2,1H3/b16-14-. The summed E-state index contributed by atoms with van der Waals surface area (Å²) in [6, 6.07) is 8.04. The van der Waals surface area contributed by atoms with E-state index in [1.165, 1.54) is 23.4 Å². The molecule has 0 N–H and O–H groups in total. The molecule has 0 spiro atoms. The van der Waals surface area contributed by atoms with Crippen molar-refractivity contribution in [3.63, 3.8) is 0 Å². The molecule has 1 fully saturated rings. The fourth-order valence-corrected chi connectivity index (χ4v) is 3.94. The number of hydrogen-bond donors (Lipinski definition) is 0. The summed E-state index contributed by atoms with van der Waals surface area (Å²) < 4.78 is 0. The molecule has 0 radical (unpaired) electrons. The van der Waals surface area contributed by atoms with Crippen molar-refractivity contribution >= 4 is 17.5 Å². The minimum atomic E-state index is 0.248. The van der Waals surface area contributed by atoms with Crippen LogP contribution in [0.2, 0.25) is 0 Å². The van der Waals surface area contributed by atoms with Gasteiger partial charge in [0.1, 0.15) is 0 Å². The van der Waals surface area contributed by atoms with E-state index in [2.05, 4.69) is 17.2 Å². The van der Waals surface area contributed by atoms with Crippen molar-refractivity contribution in [2.45, 2.75) is 25.7 Å². The molecular weight excluding hydrogens is 254 g/mol. The number of fused-ring (bicyclic) bond motifs is 1. The SMILES string of the molecule is CS/C(=C1/CCc2ccccc2C1=O)N1CCCC1. The van der Waals surface area contributed by atoms with Crippen LogP contribution in [0.5, 0.6) is 0 Å². The van der Waals surface area contributed by atoms with Crippen molar-refractivity contribution in [3.05, 3.63) is 46.0 Å². The van der Waals surface area contributed by atoms with Crippen LogP contribution in [-0.2, 0) is 6.42 Å². The summed E-state index contributed by atoms with van der Waals surface area (Å²) in [5.74, 6) is 0.248. The summed E-state index contributed by atoms with van der Waals surface area (Å²) in [5.41, 5.74) is 3.15. The number of rotatable bonds is 2. The van der Waals surface area contributed by atoms with Gasteiger partial charge in [-0.15, -0.1) is 11.8 Å². The average Bonchev–Trinajstić information content (AvgIpc) is 2.96. The number of thioether (sulfide) groups is 1. The highest BCUT2D eigenvalue weighted by molar-refractivity contribution is 8.02. The summed E-state index contributed by atoms with van der Waals surface area (Å²) in [5, 5.41) is 1.22. The van der Waals surface area contributed by atoms with Crippen molar-refractivity contribution in [1.29, 1.82) is 0 Å². The zero-order chi connectivity index (χ0) is 13.2. The molecular formula is C16H19NOS. The van der Waals surface area contributed by atoms with Gasteiger partial charge in [-0.1, -0.05) is 24.3 Å². The maximum Gasteiger partial charge on any atom is 0.191 e. The van der Waals surface area contributed by atoms with E-state index in [4.69, 9.17) is 0 Å². The van der Waals surface area contributed by atoms with Crippen LogP contribution in [0.3, 0.4) is 0 Å². The van der Waals surface area contributed by atoms with E-state index < -0.39 is 0 Å². The first-order valence-electron chi connectivity index (χ1n) is 6.96. The van der Waals surface area contributed by atoms with Crippen LogP contribution in [0.25, 0.3) is 0 Å². The number of carbonyl (C=O) groups is 1. The largest absolute Gasteiger partial charge is 0.366 e. The lowest BCUT2D eigenvalue weighted by Crippen LogP contribution is -2.23. The Kier molecular flexibility index (Phi) is 3.65. The number of ketones is 1. The van der Waals surface area contributed by atoms with Gasteiger partial charge in [-0.3, -0.25) is 4.79 Å². The molecule has 1 aliphatic heterocycles. The Hall–Kier alpha value is -1.22. The molecule has 0 saturated carbocycles. The number of likely N-dealkylation sites (tertiary alicyclic amines) is 1. The molecule has 1 heterocycles. The number of nitrogens with zero attached hydrogens (tertiary/aromatic N) is 1. The predicted molar refractivity (Wildman–Crippen MR) is 80.4 cm³/mol. The van der Waals surface area contributed by atoms with Crippen LogP contribution < -0.4 is 0 Å². The van der Waals surface area contributed by atoms with E-state index in [-0.39, 0.29) is 5.78 Å². The maximum absolute atomic E-state index is 12.7. The summed E-state index contributed by atoms with van der Waals surface area (Å²) in [4.78, 5) is 15.1. The average molecular weight is 273 g/mol. The number of carbonyl (C=O) groups excluding carboxylic acids is 1. The Morgan fingerprint density at radius 1 is 1.16 bits per heavy atom. The molecule has 19 heavy (non-hydrogen) atoms. The molecule has 0 atom stereocenters. The van der Waals surface area contributed by atoms with E-state index in [9.17, 15) is 4.79 Å². The molecule has 3 heteroatoms. The Balaban J connectivity index is 1.99. The van der Waals surface area contributed by atoms with Crippen LogP contribution in [0.15, 0.2) is 34.9 Å². The number of Topliss-reactive ketones (excluding diaryl/α,β-unsaturated/α-hetero) is 1. The molecule has 3 rings (SSSR count). The number of hydrogen-bond acceptors (Lipinski definition) is 3. The lowest BCUT2D eigenvalue weighted by atomic mass is 9.87. The van der Waals surface area contributed by atoms with Gasteiger partial charge in [0.05, 0.1) is 5.03 Å². The van der Waals surface area contributed by atoms with Crippen molar-refractivity contribution < 1.29 is 4.79 Å². The second-order valence-electron chi connectivity index (χ2n) is 5.17. The van der Waals surface area contributed by atoms with Crippen LogP contribution in [-0.4, -0.2) is 30.0 Å². The zero-order valence-corrected chi connectivity index (χ0v) is 12.1. The molecule has 0 amide bonds. The quantitative estimate of drug-likeness (QED) is 0.769. The van der Waals surface area contributed by atoms with Gasteiger partial charge in [0.2, 0.25) is 0 Å². The predicted octanol–water partition coefficient (Wildman–Crippen LogP) is 3.49. The van der Waals surface area contributed by atoms with Gasteiger partial charge in [0.25, 0.3) is 0 Å². The molecule has 2 nitrogen and oxygen atoms in total. The third-order valence-corrected chi connectivity index (χ3v) is 4.92. The first kappa shape index (κ1) is 12.8. The third-order valence-electron chi connectivity index (χ3n) is 4.03. The van der Waals surface area contributed by atoms with Gasteiger partial charge < -0.3 is 4.90 Å². The Morgan fingerprint density at radius 3 is 2.63 bits per heavy atom. The van der Waals surface area contributed by atoms with E-state index in [0.717, 1.165) is 37.1 Å². The van der Waals surface area contributed by atoms with Crippen molar-refractivity contribution in [1.82, 2.24) is 4.90 Å². The van der Waals surface area contributed by atoms with Crippen molar-refractivity contribution in [2.24, 2.45) is 0 Å². The highest BCUT2D eigenvalue weighted by Crippen LogP contribution is 2.33. The molecule has 1 aromatic carbocycles. The second kappa shape index (κ2) is 5.41. The lowest BCUT2D eigenvalue weighted by molar-refractivity contribution is 0.102. The minimum absolute atomic E-state index is 0.248. The maximum atomic E-state index is 12.7. The molecule has 0 aromatic heterocycles. The van der Waals surface area contributed by atoms with E-state index in [1.54, 1.807) is 11.8 Å². The summed E-state index contributed by atoms with van der Waals surface area (Å²) in [6.07, 6.45) is 6.48. The molecule has 100 valence electrons. The van der Waals surface area contributed by atoms with Crippen LogP contribution in [0.1, 0.15) is 35.2 Å². The molecule has 1 saturated heterocycles. The minimum Gasteiger partial charge on any atom is -0.366 e. The Bertz CT molecular complexity index is 529.